The standard InChI is InChI=1S/C84H98N6O2.Zn/c1-77(2,3)51-35-47(36-52(43-51)78(4,5)6)67-59-27-28-60(85-59)68(48-37-53(79(7,8)9)44-54(38-48)80(10,11)12)62-30-32-64(87-62)70(50-41-57(83(19,20)21)46-58(42-50)84(22,23)24)74-76-75(88-71-65(91-25)33-34-66(92-26)72(71)89-76)73(90-74)69(63-31-29-61(67)86-63)49-39-55(81(13,14)15)45-56(40-49)82(16,17)18;/h27-46H,1-26H3;/q-2;+2. The van der Waals surface area contributed by atoms with Crippen LogP contribution >= 0.6 is 0 Å². The molecule has 0 fully saturated rings. The zero-order valence-electron chi connectivity index (χ0n) is 60.8. The number of methoxy groups -OCH3 is 2. The zero-order chi connectivity index (χ0) is 67.1. The quantitative estimate of drug-likeness (QED) is 0.152. The van der Waals surface area contributed by atoms with Crippen LogP contribution in [0.25, 0.3) is 113 Å². The Hall–Kier alpha value is -7.48. The van der Waals surface area contributed by atoms with Crippen LogP contribution in [0.15, 0.2) is 97.1 Å². The average Bonchev–Trinajstić information content (AvgIpc) is 1.60. The van der Waals surface area contributed by atoms with Crippen LogP contribution in [-0.4, -0.2) is 34.2 Å². The Labute approximate surface area is 567 Å². The van der Waals surface area contributed by atoms with Gasteiger partial charge in [-0.1, -0.05) is 262 Å². The minimum absolute atomic E-state index is 0. The molecule has 0 radical (unpaired) electrons. The van der Waals surface area contributed by atoms with E-state index in [1.54, 1.807) is 14.2 Å². The first-order valence-corrected chi connectivity index (χ1v) is 33.0. The van der Waals surface area contributed by atoms with Gasteiger partial charge in [0, 0.05) is 0 Å². The van der Waals surface area contributed by atoms with E-state index in [0.717, 1.165) is 78.3 Å². The third kappa shape index (κ3) is 13.2. The summed E-state index contributed by atoms with van der Waals surface area (Å²) < 4.78 is 12.4. The number of hydrogen-bond acceptors (Lipinski definition) is 6. The molecule has 0 N–H and O–H groups in total. The van der Waals surface area contributed by atoms with Gasteiger partial charge in [-0.3, -0.25) is 0 Å². The average molecular weight is 1290 g/mol. The van der Waals surface area contributed by atoms with Gasteiger partial charge in [-0.05, 0) is 169 Å². The summed E-state index contributed by atoms with van der Waals surface area (Å²) in [5.74, 6) is 1.14. The Kier molecular flexibility index (Phi) is 17.3. The van der Waals surface area contributed by atoms with Crippen LogP contribution < -0.4 is 19.4 Å². The second-order valence-electron chi connectivity index (χ2n) is 34.2. The van der Waals surface area contributed by atoms with Crippen LogP contribution in [0.4, 0.5) is 0 Å². The van der Waals surface area contributed by atoms with Gasteiger partial charge in [0.05, 0.1) is 48.0 Å². The molecule has 0 spiro atoms. The largest absolute Gasteiger partial charge is 2.00 e. The predicted octanol–water partition coefficient (Wildman–Crippen LogP) is 22.1. The van der Waals surface area contributed by atoms with Gasteiger partial charge in [0.15, 0.2) is 0 Å². The van der Waals surface area contributed by atoms with Crippen molar-refractivity contribution >= 4 is 68.4 Å². The predicted molar refractivity (Wildman–Crippen MR) is 392 cm³/mol. The second-order valence-corrected chi connectivity index (χ2v) is 34.2. The van der Waals surface area contributed by atoms with Gasteiger partial charge >= 0.3 is 19.5 Å². The van der Waals surface area contributed by atoms with Gasteiger partial charge in [0.25, 0.3) is 0 Å². The van der Waals surface area contributed by atoms with E-state index in [9.17, 15) is 0 Å². The molecule has 2 aliphatic heterocycles. The fraction of sp³-hybridized carbons (Fsp3) is 0.405. The summed E-state index contributed by atoms with van der Waals surface area (Å²) in [7, 11) is 3.37. The molecule has 2 aliphatic rings. The topological polar surface area (TPSA) is 98.2 Å². The molecule has 0 saturated heterocycles. The number of hydrogen-bond donors (Lipinski definition) is 0. The van der Waals surface area contributed by atoms with Gasteiger partial charge in [-0.15, -0.1) is 11.0 Å². The molecule has 5 aromatic carbocycles. The molecule has 0 saturated carbocycles. The van der Waals surface area contributed by atoms with Crippen LogP contribution in [0.2, 0.25) is 0 Å². The van der Waals surface area contributed by atoms with Gasteiger partial charge < -0.3 is 19.4 Å². The van der Waals surface area contributed by atoms with E-state index in [-0.39, 0.29) is 62.8 Å². The molecule has 0 unspecified atom stereocenters. The number of rotatable bonds is 6. The van der Waals surface area contributed by atoms with E-state index in [1.807, 2.05) is 12.1 Å². The molecule has 93 heavy (non-hydrogen) atoms. The van der Waals surface area contributed by atoms with Gasteiger partial charge in [0.1, 0.15) is 22.5 Å². The van der Waals surface area contributed by atoms with Gasteiger partial charge in [-0.25, -0.2) is 19.9 Å². The Morgan fingerprint density at radius 1 is 0.269 bits per heavy atom. The maximum Gasteiger partial charge on any atom is 2.00 e. The smallest absolute Gasteiger partial charge is 0.657 e. The minimum atomic E-state index is -0.222. The van der Waals surface area contributed by atoms with E-state index < -0.39 is 0 Å². The zero-order valence-corrected chi connectivity index (χ0v) is 63.7. The SMILES string of the molecule is COc1ccc(OC)c2nc3c4[n-]c(c(-c5cc(C(C)(C)C)cc(C(C)(C)C)c5)c5nc(c(-c6cc(C(C)(C)C)cc(C(C)(C)C)c6)c6ccc([n-]6)c(-c6cc(C(C)(C)C)cc(C(C)(C)C)c6)c6nc(c4-c4cc(C(C)(C)C)cc(C(C)(C)C)c4)C=C6)C=C5)c3nc12.[Zn+2]. The fourth-order valence-electron chi connectivity index (χ4n) is 12.5. The molecule has 8 bridgehead atoms. The summed E-state index contributed by atoms with van der Waals surface area (Å²) >= 11 is 0. The number of benzene rings is 5. The Balaban J connectivity index is 0.00000946. The molecule has 0 amide bonds. The molecule has 0 aliphatic carbocycles. The van der Waals surface area contributed by atoms with Crippen molar-refractivity contribution in [3.05, 3.63) is 164 Å². The van der Waals surface area contributed by atoms with Crippen molar-refractivity contribution < 1.29 is 29.0 Å². The van der Waals surface area contributed by atoms with E-state index in [0.29, 0.717) is 44.6 Å². The molecule has 4 aromatic heterocycles. The summed E-state index contributed by atoms with van der Waals surface area (Å²) in [5, 5.41) is 0. The van der Waals surface area contributed by atoms with Crippen molar-refractivity contribution in [2.75, 3.05) is 14.2 Å². The van der Waals surface area contributed by atoms with E-state index in [4.69, 9.17) is 39.4 Å². The van der Waals surface area contributed by atoms with Crippen LogP contribution in [0.5, 0.6) is 11.5 Å². The molecule has 6 heterocycles. The summed E-state index contributed by atoms with van der Waals surface area (Å²) in [5.41, 5.74) is 24.1. The van der Waals surface area contributed by atoms with Crippen LogP contribution in [0.3, 0.4) is 0 Å². The number of aromatic nitrogens is 6. The van der Waals surface area contributed by atoms with Crippen molar-refractivity contribution in [2.45, 2.75) is 209 Å². The van der Waals surface area contributed by atoms with Crippen molar-refractivity contribution in [3.63, 3.8) is 0 Å². The third-order valence-corrected chi connectivity index (χ3v) is 18.6. The Bertz CT molecular complexity index is 4300. The molecule has 478 valence electrons. The summed E-state index contributed by atoms with van der Waals surface area (Å²) in [6, 6.07) is 36.6. The van der Waals surface area contributed by atoms with E-state index in [1.165, 1.54) is 44.5 Å². The Morgan fingerprint density at radius 2 is 0.495 bits per heavy atom. The monoisotopic (exact) mass is 1290 g/mol. The summed E-state index contributed by atoms with van der Waals surface area (Å²) in [6.07, 6.45) is 8.76. The molecular formula is C84H98N6O2Zn. The molecule has 9 aromatic rings. The molecule has 8 nitrogen and oxygen atoms in total. The van der Waals surface area contributed by atoms with E-state index >= 15 is 0 Å². The first kappa shape index (κ1) is 68.4. The summed E-state index contributed by atoms with van der Waals surface area (Å²) in [6.45, 7) is 55.1. The molecular weight excluding hydrogens is 1190 g/mol. The maximum absolute atomic E-state index is 6.18. The number of nitrogens with zero attached hydrogens (tertiary/aromatic N) is 6. The van der Waals surface area contributed by atoms with Gasteiger partial charge in [-0.2, -0.15) is 0 Å². The van der Waals surface area contributed by atoms with Crippen LogP contribution in [-0.2, 0) is 62.8 Å². The van der Waals surface area contributed by atoms with Gasteiger partial charge in [0.2, 0.25) is 0 Å². The molecule has 0 atom stereocenters. The van der Waals surface area contributed by atoms with Crippen molar-refractivity contribution in [3.8, 4) is 56.0 Å². The molecule has 9 heteroatoms. The number of ether oxygens (including phenoxy) is 2. The normalized spacial score (nSPS) is 13.5. The third-order valence-electron chi connectivity index (χ3n) is 18.6. The minimum Gasteiger partial charge on any atom is -0.657 e. The second kappa shape index (κ2) is 23.5. The summed E-state index contributed by atoms with van der Waals surface area (Å²) in [4.78, 5) is 35.5. The van der Waals surface area contributed by atoms with Crippen molar-refractivity contribution in [2.24, 2.45) is 0 Å². The van der Waals surface area contributed by atoms with Crippen LogP contribution in [0, 0.1) is 0 Å². The fourth-order valence-corrected chi connectivity index (χ4v) is 12.5. The maximum atomic E-state index is 6.18. The number of fused-ring (bicyclic) bond motifs is 12. The molecule has 11 rings (SSSR count). The Morgan fingerprint density at radius 3 is 0.720 bits per heavy atom. The first-order valence-electron chi connectivity index (χ1n) is 33.0. The van der Waals surface area contributed by atoms with Crippen molar-refractivity contribution in [1.29, 1.82) is 0 Å². The first-order chi connectivity index (χ1) is 42.5. The van der Waals surface area contributed by atoms with Crippen LogP contribution in [0.1, 0.15) is 233 Å². The van der Waals surface area contributed by atoms with E-state index in [2.05, 4.69) is 275 Å². The van der Waals surface area contributed by atoms with Crippen molar-refractivity contribution in [1.82, 2.24) is 29.9 Å².